The van der Waals surface area contributed by atoms with Gasteiger partial charge in [0.15, 0.2) is 6.10 Å². The lowest BCUT2D eigenvalue weighted by Crippen LogP contribution is -2.30. The highest BCUT2D eigenvalue weighted by atomic mass is 19.1. The van der Waals surface area contributed by atoms with E-state index in [-0.39, 0.29) is 12.0 Å². The summed E-state index contributed by atoms with van der Waals surface area (Å²) in [5, 5.41) is 5.74. The summed E-state index contributed by atoms with van der Waals surface area (Å²) in [5.74, 6) is -0.143. The van der Waals surface area contributed by atoms with Crippen LogP contribution in [0.2, 0.25) is 0 Å². The Kier molecular flexibility index (Phi) is 6.29. The van der Waals surface area contributed by atoms with E-state index in [1.807, 2.05) is 31.2 Å². The zero-order valence-electron chi connectivity index (χ0n) is 15.6. The Morgan fingerprint density at radius 3 is 2.74 bits per heavy atom. The first kappa shape index (κ1) is 19.2. The number of carbonyl (C=O) groups excluding carboxylic acids is 1. The van der Waals surface area contributed by atoms with Gasteiger partial charge in [0.25, 0.3) is 5.91 Å². The molecule has 1 heterocycles. The maximum Gasteiger partial charge on any atom is 0.265 e. The summed E-state index contributed by atoms with van der Waals surface area (Å²) in [5.41, 5.74) is 1.90. The number of anilines is 2. The van der Waals surface area contributed by atoms with Gasteiger partial charge in [0.1, 0.15) is 11.6 Å². The molecule has 27 heavy (non-hydrogen) atoms. The number of benzene rings is 2. The quantitative estimate of drug-likeness (QED) is 0.767. The Balaban J connectivity index is 1.53. The summed E-state index contributed by atoms with van der Waals surface area (Å²) >= 11 is 0. The van der Waals surface area contributed by atoms with E-state index >= 15 is 0 Å². The fourth-order valence-electron chi connectivity index (χ4n) is 2.88. The number of rotatable bonds is 7. The molecule has 0 aliphatic carbocycles. The predicted octanol–water partition coefficient (Wildman–Crippen LogP) is 4.13. The Morgan fingerprint density at radius 2 is 2.07 bits per heavy atom. The minimum Gasteiger partial charge on any atom is -0.481 e. The van der Waals surface area contributed by atoms with Gasteiger partial charge in [0.2, 0.25) is 0 Å². The third-order valence-corrected chi connectivity index (χ3v) is 4.48. The molecule has 1 fully saturated rings. The van der Waals surface area contributed by atoms with Gasteiger partial charge in [-0.2, -0.15) is 0 Å². The van der Waals surface area contributed by atoms with Gasteiger partial charge >= 0.3 is 0 Å². The summed E-state index contributed by atoms with van der Waals surface area (Å²) in [6.07, 6.45) is 1.46. The molecule has 2 N–H and O–H groups in total. The van der Waals surface area contributed by atoms with Gasteiger partial charge < -0.3 is 20.1 Å². The number of nitrogens with one attached hydrogen (secondary N) is 2. The molecule has 2 aromatic rings. The van der Waals surface area contributed by atoms with Crippen LogP contribution in [0.25, 0.3) is 0 Å². The van der Waals surface area contributed by atoms with Crippen LogP contribution in [0.4, 0.5) is 15.8 Å². The summed E-state index contributed by atoms with van der Waals surface area (Å²) in [7, 11) is 0. The number of carbonyl (C=O) groups is 1. The van der Waals surface area contributed by atoms with E-state index in [9.17, 15) is 9.18 Å². The molecule has 6 heteroatoms. The van der Waals surface area contributed by atoms with Crippen LogP contribution < -0.4 is 15.4 Å². The third-order valence-electron chi connectivity index (χ3n) is 4.48. The van der Waals surface area contributed by atoms with Crippen LogP contribution in [-0.2, 0) is 9.53 Å². The summed E-state index contributed by atoms with van der Waals surface area (Å²) in [6.45, 7) is 4.98. The van der Waals surface area contributed by atoms with E-state index in [1.165, 1.54) is 6.07 Å². The molecule has 1 saturated heterocycles. The van der Waals surface area contributed by atoms with Gasteiger partial charge in [-0.25, -0.2) is 4.39 Å². The Bertz CT molecular complexity index is 773. The van der Waals surface area contributed by atoms with Crippen LogP contribution in [0, 0.1) is 12.7 Å². The van der Waals surface area contributed by atoms with Crippen molar-refractivity contribution in [2.24, 2.45) is 0 Å². The van der Waals surface area contributed by atoms with Crippen molar-refractivity contribution in [2.45, 2.75) is 38.9 Å². The van der Waals surface area contributed by atoms with E-state index in [1.54, 1.807) is 19.1 Å². The van der Waals surface area contributed by atoms with Crippen molar-refractivity contribution in [3.05, 3.63) is 53.8 Å². The van der Waals surface area contributed by atoms with Crippen molar-refractivity contribution in [3.8, 4) is 5.75 Å². The second-order valence-corrected chi connectivity index (χ2v) is 6.77. The molecule has 5 nitrogen and oxygen atoms in total. The van der Waals surface area contributed by atoms with E-state index in [0.29, 0.717) is 23.7 Å². The van der Waals surface area contributed by atoms with Crippen LogP contribution in [-0.4, -0.2) is 31.3 Å². The van der Waals surface area contributed by atoms with Crippen LogP contribution in [0.5, 0.6) is 5.75 Å². The van der Waals surface area contributed by atoms with Gasteiger partial charge in [-0.05, 0) is 57.0 Å². The zero-order valence-corrected chi connectivity index (χ0v) is 15.6. The SMILES string of the molecule is Cc1ccc(OC(C)C(=O)Nc2ccc(NCC3CCCO3)c(F)c2)cc1. The normalized spacial score (nSPS) is 17.4. The van der Waals surface area contributed by atoms with Crippen LogP contribution in [0.15, 0.2) is 42.5 Å². The Morgan fingerprint density at radius 1 is 1.30 bits per heavy atom. The van der Waals surface area contributed by atoms with E-state index < -0.39 is 11.9 Å². The van der Waals surface area contributed by atoms with Gasteiger partial charge in [-0.3, -0.25) is 4.79 Å². The molecule has 0 bridgehead atoms. The Labute approximate surface area is 158 Å². The Hall–Kier alpha value is -2.60. The number of aryl methyl sites for hydroxylation is 1. The number of hydrogen-bond acceptors (Lipinski definition) is 4. The first-order chi connectivity index (χ1) is 13.0. The molecule has 1 aliphatic rings. The fraction of sp³-hybridized carbons (Fsp3) is 0.381. The van der Waals surface area contributed by atoms with Gasteiger partial charge in [0, 0.05) is 18.8 Å². The average Bonchev–Trinajstić information content (AvgIpc) is 3.16. The molecule has 144 valence electrons. The zero-order chi connectivity index (χ0) is 19.2. The molecule has 1 amide bonds. The molecular formula is C21H25FN2O3. The smallest absolute Gasteiger partial charge is 0.265 e. The first-order valence-electron chi connectivity index (χ1n) is 9.20. The lowest BCUT2D eigenvalue weighted by atomic mass is 10.2. The fourth-order valence-corrected chi connectivity index (χ4v) is 2.88. The minimum atomic E-state index is -0.701. The number of halogens is 1. The number of ether oxygens (including phenoxy) is 2. The van der Waals surface area contributed by atoms with Crippen molar-refractivity contribution >= 4 is 17.3 Å². The van der Waals surface area contributed by atoms with E-state index in [2.05, 4.69) is 10.6 Å². The van der Waals surface area contributed by atoms with Gasteiger partial charge in [-0.1, -0.05) is 17.7 Å². The van der Waals surface area contributed by atoms with Crippen LogP contribution in [0.3, 0.4) is 0 Å². The molecule has 2 unspecified atom stereocenters. The maximum absolute atomic E-state index is 14.3. The molecule has 2 aromatic carbocycles. The highest BCUT2D eigenvalue weighted by Crippen LogP contribution is 2.21. The third kappa shape index (κ3) is 5.44. The molecule has 3 rings (SSSR count). The van der Waals surface area contributed by atoms with Crippen LogP contribution >= 0.6 is 0 Å². The van der Waals surface area contributed by atoms with E-state index in [0.717, 1.165) is 25.0 Å². The predicted molar refractivity (Wildman–Crippen MR) is 104 cm³/mol. The lowest BCUT2D eigenvalue weighted by molar-refractivity contribution is -0.122. The maximum atomic E-state index is 14.3. The summed E-state index contributed by atoms with van der Waals surface area (Å²) in [6, 6.07) is 12.0. The lowest BCUT2D eigenvalue weighted by Gasteiger charge is -2.16. The van der Waals surface area contributed by atoms with Gasteiger partial charge in [-0.15, -0.1) is 0 Å². The molecule has 0 spiro atoms. The second kappa shape index (κ2) is 8.86. The molecule has 0 aromatic heterocycles. The second-order valence-electron chi connectivity index (χ2n) is 6.77. The van der Waals surface area contributed by atoms with Crippen LogP contribution in [0.1, 0.15) is 25.3 Å². The van der Waals surface area contributed by atoms with Crippen molar-refractivity contribution < 1.29 is 18.7 Å². The highest BCUT2D eigenvalue weighted by Gasteiger charge is 2.17. The topological polar surface area (TPSA) is 59.6 Å². The standard InChI is InChI=1S/C21H25FN2O3/c1-14-5-8-17(9-6-14)27-15(2)21(25)24-16-7-10-20(19(22)12-16)23-13-18-4-3-11-26-18/h5-10,12,15,18,23H,3-4,11,13H2,1-2H3,(H,24,25). The van der Waals surface area contributed by atoms with Crippen molar-refractivity contribution in [3.63, 3.8) is 0 Å². The minimum absolute atomic E-state index is 0.128. The molecule has 0 saturated carbocycles. The monoisotopic (exact) mass is 372 g/mol. The number of hydrogen-bond donors (Lipinski definition) is 2. The van der Waals surface area contributed by atoms with Crippen molar-refractivity contribution in [1.29, 1.82) is 0 Å². The molecule has 0 radical (unpaired) electrons. The first-order valence-corrected chi connectivity index (χ1v) is 9.20. The molecular weight excluding hydrogens is 347 g/mol. The van der Waals surface area contributed by atoms with Gasteiger partial charge in [0.05, 0.1) is 11.8 Å². The van der Waals surface area contributed by atoms with Crippen molar-refractivity contribution in [1.82, 2.24) is 0 Å². The van der Waals surface area contributed by atoms with E-state index in [4.69, 9.17) is 9.47 Å². The number of amides is 1. The summed E-state index contributed by atoms with van der Waals surface area (Å²) in [4.78, 5) is 12.3. The molecule has 2 atom stereocenters. The van der Waals surface area contributed by atoms with Crippen molar-refractivity contribution in [2.75, 3.05) is 23.8 Å². The molecule has 1 aliphatic heterocycles. The highest BCUT2D eigenvalue weighted by molar-refractivity contribution is 5.94. The average molecular weight is 372 g/mol. The summed E-state index contributed by atoms with van der Waals surface area (Å²) < 4.78 is 25.4. The largest absolute Gasteiger partial charge is 0.481 e.